The molecular formula is C26H41Cl3N10O2Si2. The quantitative estimate of drug-likeness (QED) is 0.119. The zero-order chi connectivity index (χ0) is 31.9. The van der Waals surface area contributed by atoms with Gasteiger partial charge in [-0.25, -0.2) is 19.3 Å². The molecule has 3 N–H and O–H groups in total. The van der Waals surface area contributed by atoms with Gasteiger partial charge in [-0.3, -0.25) is 9.97 Å². The molecule has 0 saturated heterocycles. The Hall–Kier alpha value is -2.60. The minimum absolute atomic E-state index is 0.317. The van der Waals surface area contributed by atoms with Gasteiger partial charge >= 0.3 is 0 Å². The normalized spacial score (nSPS) is 11.3. The van der Waals surface area contributed by atoms with E-state index in [2.05, 4.69) is 74.7 Å². The number of hydrogen-bond donors (Lipinski definition) is 2. The number of hydrogen-bond acceptors (Lipinski definition) is 10. The predicted octanol–water partition coefficient (Wildman–Crippen LogP) is 6.94. The number of nitrogens with two attached hydrogens (primary N) is 1. The van der Waals surface area contributed by atoms with Crippen molar-refractivity contribution in [3.63, 3.8) is 0 Å². The Labute approximate surface area is 270 Å². The van der Waals surface area contributed by atoms with Crippen LogP contribution in [0.2, 0.25) is 66.8 Å². The second-order valence-corrected chi connectivity index (χ2v) is 24.1. The molecule has 0 aliphatic heterocycles. The maximum atomic E-state index is 5.78. The average Bonchev–Trinajstić information content (AvgIpc) is 3.52. The van der Waals surface area contributed by atoms with E-state index in [-0.39, 0.29) is 0 Å². The predicted molar refractivity (Wildman–Crippen MR) is 179 cm³/mol. The summed E-state index contributed by atoms with van der Waals surface area (Å²) in [4.78, 5) is 15.4. The Bertz CT molecular complexity index is 1350. The molecular weight excluding hydrogens is 647 g/mol. The second kappa shape index (κ2) is 18.3. The molecule has 0 unspecified atom stereocenters. The molecule has 4 aromatic heterocycles. The Balaban J connectivity index is 0.000000251. The first-order chi connectivity index (χ1) is 20.2. The summed E-state index contributed by atoms with van der Waals surface area (Å²) in [5.41, 5.74) is 5.47. The van der Waals surface area contributed by atoms with E-state index in [4.69, 9.17) is 50.0 Å². The SMILES string of the molecule is C[Si](C)(C)CCOCn1ccc(N)n1.C[Si](C)(C)CCOCn1ccc(Nc2cncc(Cl)n2)n1.Clc1cncc(Cl)n1. The number of nitrogen functional groups attached to an aromatic ring is 1. The van der Waals surface area contributed by atoms with Crippen molar-refractivity contribution in [2.75, 3.05) is 24.3 Å². The van der Waals surface area contributed by atoms with Crippen molar-refractivity contribution >= 4 is 68.4 Å². The molecule has 0 aliphatic carbocycles. The first-order valence-electron chi connectivity index (χ1n) is 13.5. The molecule has 0 aliphatic rings. The van der Waals surface area contributed by atoms with E-state index >= 15 is 0 Å². The molecule has 0 saturated carbocycles. The topological polar surface area (TPSA) is 144 Å². The van der Waals surface area contributed by atoms with Crippen molar-refractivity contribution in [3.8, 4) is 0 Å². The smallest absolute Gasteiger partial charge is 0.153 e. The van der Waals surface area contributed by atoms with Crippen molar-refractivity contribution in [1.82, 2.24) is 39.5 Å². The van der Waals surface area contributed by atoms with Crippen LogP contribution >= 0.6 is 34.8 Å². The van der Waals surface area contributed by atoms with Crippen molar-refractivity contribution in [3.05, 3.63) is 64.8 Å². The van der Waals surface area contributed by atoms with Gasteiger partial charge in [0.1, 0.15) is 34.7 Å². The maximum absolute atomic E-state index is 5.78. The first kappa shape index (κ1) is 36.6. The van der Waals surface area contributed by atoms with Crippen LogP contribution in [0.15, 0.2) is 49.3 Å². The monoisotopic (exact) mass is 686 g/mol. The van der Waals surface area contributed by atoms with Crippen molar-refractivity contribution in [1.29, 1.82) is 0 Å². The molecule has 0 fully saturated rings. The summed E-state index contributed by atoms with van der Waals surface area (Å²) in [6, 6.07) is 5.95. The van der Waals surface area contributed by atoms with Crippen LogP contribution in [0.1, 0.15) is 0 Å². The van der Waals surface area contributed by atoms with Gasteiger partial charge < -0.3 is 20.5 Å². The highest BCUT2D eigenvalue weighted by Gasteiger charge is 2.13. The molecule has 12 nitrogen and oxygen atoms in total. The summed E-state index contributed by atoms with van der Waals surface area (Å²) in [6.45, 7) is 16.5. The van der Waals surface area contributed by atoms with E-state index in [1.807, 2.05) is 18.5 Å². The maximum Gasteiger partial charge on any atom is 0.153 e. The standard InChI is InChI=1S/C13H20ClN5OSi.C9H19N3OSi.C4H2Cl2N2/c1-21(2,3)7-6-20-10-19-5-4-12(18-19)17-13-9-15-8-11(14)16-13;1-14(2,3)7-6-13-8-12-5-4-9(10)11-12;5-3-1-7-2-4(6)8-3/h4-5,8-9H,6-7,10H2,1-3H3,(H,16,17,18);4-5H,6-8H2,1-3H3,(H2,10,11);1-2H. The third kappa shape index (κ3) is 18.0. The van der Waals surface area contributed by atoms with Gasteiger partial charge in [0.05, 0.1) is 24.8 Å². The van der Waals surface area contributed by atoms with Crippen LogP contribution in [0.25, 0.3) is 0 Å². The molecule has 17 heteroatoms. The minimum atomic E-state index is -1.04. The van der Waals surface area contributed by atoms with Gasteiger partial charge in [-0.05, 0) is 12.1 Å². The van der Waals surface area contributed by atoms with Gasteiger partial charge in [0, 0.05) is 53.9 Å². The lowest BCUT2D eigenvalue weighted by Crippen LogP contribution is -2.22. The Morgan fingerprint density at radius 3 is 1.63 bits per heavy atom. The summed E-state index contributed by atoms with van der Waals surface area (Å²) in [5, 5.41) is 12.4. The van der Waals surface area contributed by atoms with Gasteiger partial charge in [-0.1, -0.05) is 74.1 Å². The van der Waals surface area contributed by atoms with Gasteiger partial charge in [-0.15, -0.1) is 0 Å². The molecule has 0 spiro atoms. The van der Waals surface area contributed by atoms with Gasteiger partial charge in [0.2, 0.25) is 0 Å². The molecule has 0 amide bonds. The highest BCUT2D eigenvalue weighted by atomic mass is 35.5. The van der Waals surface area contributed by atoms with Crippen molar-refractivity contribution in [2.45, 2.75) is 64.8 Å². The largest absolute Gasteiger partial charge is 0.382 e. The number of ether oxygens (including phenoxy) is 2. The van der Waals surface area contributed by atoms with E-state index in [1.54, 1.807) is 21.6 Å². The third-order valence-corrected chi connectivity index (χ3v) is 9.13. The van der Waals surface area contributed by atoms with Gasteiger partial charge in [0.25, 0.3) is 0 Å². The van der Waals surface area contributed by atoms with E-state index < -0.39 is 16.1 Å². The molecule has 4 aromatic rings. The van der Waals surface area contributed by atoms with Crippen LogP contribution in [0.5, 0.6) is 0 Å². The number of nitrogens with one attached hydrogen (secondary N) is 1. The average molecular weight is 688 g/mol. The highest BCUT2D eigenvalue weighted by molar-refractivity contribution is 6.76. The van der Waals surface area contributed by atoms with E-state index in [9.17, 15) is 0 Å². The van der Waals surface area contributed by atoms with Crippen LogP contribution in [0.3, 0.4) is 0 Å². The number of rotatable bonds is 12. The lowest BCUT2D eigenvalue weighted by atomic mass is 10.6. The van der Waals surface area contributed by atoms with Crippen LogP contribution in [0, 0.1) is 0 Å². The van der Waals surface area contributed by atoms with E-state index in [0.717, 1.165) is 19.3 Å². The Morgan fingerprint density at radius 1 is 0.698 bits per heavy atom. The van der Waals surface area contributed by atoms with Gasteiger partial charge in [-0.2, -0.15) is 10.2 Å². The molecule has 0 bridgehead atoms. The molecule has 4 rings (SSSR count). The second-order valence-electron chi connectivity index (χ2n) is 11.7. The number of anilines is 3. The van der Waals surface area contributed by atoms with Crippen LogP contribution in [0.4, 0.5) is 17.5 Å². The van der Waals surface area contributed by atoms with Gasteiger partial charge in [0.15, 0.2) is 11.6 Å². The first-order valence-corrected chi connectivity index (χ1v) is 22.1. The zero-order valence-corrected chi connectivity index (χ0v) is 29.7. The van der Waals surface area contributed by atoms with E-state index in [1.165, 1.54) is 24.6 Å². The summed E-state index contributed by atoms with van der Waals surface area (Å²) in [6.07, 6.45) is 9.60. The summed E-state index contributed by atoms with van der Waals surface area (Å²) < 4.78 is 14.6. The zero-order valence-electron chi connectivity index (χ0n) is 25.5. The molecule has 43 heavy (non-hydrogen) atoms. The van der Waals surface area contributed by atoms with Crippen molar-refractivity contribution < 1.29 is 9.47 Å². The molecule has 0 aromatic carbocycles. The highest BCUT2D eigenvalue weighted by Crippen LogP contribution is 2.14. The van der Waals surface area contributed by atoms with Crippen LogP contribution in [-0.2, 0) is 22.9 Å². The summed E-state index contributed by atoms with van der Waals surface area (Å²) in [5.74, 6) is 1.78. The Morgan fingerprint density at radius 2 is 1.19 bits per heavy atom. The lowest BCUT2D eigenvalue weighted by Gasteiger charge is -2.15. The fourth-order valence-electron chi connectivity index (χ4n) is 2.88. The lowest BCUT2D eigenvalue weighted by molar-refractivity contribution is 0.0787. The Kier molecular flexibility index (Phi) is 15.5. The van der Waals surface area contributed by atoms with Crippen LogP contribution < -0.4 is 11.1 Å². The molecule has 236 valence electrons. The summed E-state index contributed by atoms with van der Waals surface area (Å²) >= 11 is 16.6. The number of nitrogens with zero attached hydrogens (tertiary/aromatic N) is 8. The summed E-state index contributed by atoms with van der Waals surface area (Å²) in [7, 11) is -2.01. The molecule has 0 radical (unpaired) electrons. The van der Waals surface area contributed by atoms with E-state index in [0.29, 0.717) is 46.4 Å². The number of aromatic nitrogens is 8. The number of halogens is 3. The third-order valence-electron chi connectivity index (χ3n) is 5.18. The molecule has 0 atom stereocenters. The fraction of sp³-hybridized carbons (Fsp3) is 0.462. The van der Waals surface area contributed by atoms with Crippen molar-refractivity contribution in [2.24, 2.45) is 0 Å². The minimum Gasteiger partial charge on any atom is -0.382 e. The molecule has 4 heterocycles. The fourth-order valence-corrected chi connectivity index (χ4v) is 4.87. The van der Waals surface area contributed by atoms with Crippen LogP contribution in [-0.4, -0.2) is 68.9 Å².